The largest absolute Gasteiger partial charge is 0.490 e. The van der Waals surface area contributed by atoms with Crippen LogP contribution in [0.15, 0.2) is 47.6 Å². The number of carboxylic acids is 1. The van der Waals surface area contributed by atoms with Crippen LogP contribution in [0.25, 0.3) is 0 Å². The molecule has 1 aliphatic carbocycles. The zero-order valence-corrected chi connectivity index (χ0v) is 17.1. The van der Waals surface area contributed by atoms with Gasteiger partial charge in [-0.25, -0.2) is 4.79 Å². The molecule has 1 fully saturated rings. The second kappa shape index (κ2) is 10.1. The quantitative estimate of drug-likeness (QED) is 0.300. The number of rotatable bonds is 8. The maximum atomic E-state index is 12.0. The molecule has 1 atom stereocenters. The van der Waals surface area contributed by atoms with Gasteiger partial charge in [0.1, 0.15) is 5.75 Å². The summed E-state index contributed by atoms with van der Waals surface area (Å²) in [5.74, 6) is 4.87. The standard InChI is InChI=1S/C23H29N3O4/c1-2-15-11-17(13-21(12-15)30-20-9-7-19(27)8-10-20)22(23(28)29)26-18-5-3-16(4-6-18)14-25-24/h3-6,11-14,19-20,22,26-27H,2,7-10,24H2,1H3,(H,28,29). The maximum absolute atomic E-state index is 12.0. The highest BCUT2D eigenvalue weighted by atomic mass is 16.5. The number of hydrogen-bond donors (Lipinski definition) is 4. The molecule has 30 heavy (non-hydrogen) atoms. The van der Waals surface area contributed by atoms with Crippen molar-refractivity contribution in [3.63, 3.8) is 0 Å². The van der Waals surface area contributed by atoms with Crippen molar-refractivity contribution in [1.29, 1.82) is 0 Å². The summed E-state index contributed by atoms with van der Waals surface area (Å²) in [6.45, 7) is 2.03. The fraction of sp³-hybridized carbons (Fsp3) is 0.391. The number of nitrogens with two attached hydrogens (primary N) is 1. The van der Waals surface area contributed by atoms with Gasteiger partial charge in [-0.05, 0) is 73.1 Å². The van der Waals surface area contributed by atoms with Crippen LogP contribution >= 0.6 is 0 Å². The average Bonchev–Trinajstić information content (AvgIpc) is 2.74. The normalized spacial score (nSPS) is 20.1. The molecule has 0 bridgehead atoms. The number of carbonyl (C=O) groups is 1. The Bertz CT molecular complexity index is 875. The minimum atomic E-state index is -0.970. The van der Waals surface area contributed by atoms with Crippen molar-refractivity contribution >= 4 is 17.9 Å². The molecule has 7 nitrogen and oxygen atoms in total. The van der Waals surface area contributed by atoms with Crippen LogP contribution in [0.4, 0.5) is 5.69 Å². The minimum absolute atomic E-state index is 0.0429. The summed E-state index contributed by atoms with van der Waals surface area (Å²) in [5, 5.41) is 26.1. The highest BCUT2D eigenvalue weighted by Crippen LogP contribution is 2.29. The summed E-state index contributed by atoms with van der Waals surface area (Å²) in [6.07, 6.45) is 5.15. The second-order valence-corrected chi connectivity index (χ2v) is 7.63. The van der Waals surface area contributed by atoms with Gasteiger partial charge in [0.2, 0.25) is 0 Å². The molecular formula is C23H29N3O4. The molecule has 0 heterocycles. The molecule has 1 unspecified atom stereocenters. The van der Waals surface area contributed by atoms with Crippen molar-refractivity contribution in [1.82, 2.24) is 0 Å². The number of ether oxygens (including phenoxy) is 1. The van der Waals surface area contributed by atoms with Crippen molar-refractivity contribution in [3.05, 3.63) is 59.2 Å². The predicted molar refractivity (Wildman–Crippen MR) is 117 cm³/mol. The summed E-state index contributed by atoms with van der Waals surface area (Å²) in [4.78, 5) is 12.0. The third kappa shape index (κ3) is 5.73. The number of nitrogens with one attached hydrogen (secondary N) is 1. The molecule has 5 N–H and O–H groups in total. The average molecular weight is 412 g/mol. The van der Waals surface area contributed by atoms with E-state index in [1.807, 2.05) is 31.2 Å². The highest BCUT2D eigenvalue weighted by Gasteiger charge is 2.24. The van der Waals surface area contributed by atoms with E-state index in [1.54, 1.807) is 18.2 Å². The molecule has 0 aromatic heterocycles. The van der Waals surface area contributed by atoms with Crippen LogP contribution in [0.3, 0.4) is 0 Å². The Morgan fingerprint density at radius 1 is 1.23 bits per heavy atom. The molecule has 0 radical (unpaired) electrons. The van der Waals surface area contributed by atoms with Gasteiger partial charge in [-0.15, -0.1) is 0 Å². The van der Waals surface area contributed by atoms with Crippen molar-refractivity contribution < 1.29 is 19.7 Å². The van der Waals surface area contributed by atoms with E-state index >= 15 is 0 Å². The molecular weight excluding hydrogens is 382 g/mol. The van der Waals surface area contributed by atoms with Crippen molar-refractivity contribution in [2.45, 2.75) is 57.3 Å². The SMILES string of the molecule is CCc1cc(OC2CCC(O)CC2)cc(C(Nc2ccc(C=NN)cc2)C(=O)O)c1. The first kappa shape index (κ1) is 21.6. The van der Waals surface area contributed by atoms with E-state index in [4.69, 9.17) is 10.6 Å². The van der Waals surface area contributed by atoms with Gasteiger partial charge < -0.3 is 26.1 Å². The van der Waals surface area contributed by atoms with Gasteiger partial charge in [0.15, 0.2) is 6.04 Å². The molecule has 160 valence electrons. The Kier molecular flexibility index (Phi) is 7.30. The minimum Gasteiger partial charge on any atom is -0.490 e. The van der Waals surface area contributed by atoms with Crippen molar-refractivity contribution in [2.75, 3.05) is 5.32 Å². The topological polar surface area (TPSA) is 117 Å². The summed E-state index contributed by atoms with van der Waals surface area (Å²) >= 11 is 0. The molecule has 0 saturated heterocycles. The zero-order chi connectivity index (χ0) is 21.5. The summed E-state index contributed by atoms with van der Waals surface area (Å²) < 4.78 is 6.15. The number of aliphatic hydroxyl groups excluding tert-OH is 1. The number of nitrogens with zero attached hydrogens (tertiary/aromatic N) is 1. The molecule has 0 spiro atoms. The van der Waals surface area contributed by atoms with E-state index in [9.17, 15) is 15.0 Å². The summed E-state index contributed by atoms with van der Waals surface area (Å²) in [6, 6.07) is 12.0. The molecule has 3 rings (SSSR count). The Morgan fingerprint density at radius 2 is 1.93 bits per heavy atom. The van der Waals surface area contributed by atoms with Gasteiger partial charge in [-0.1, -0.05) is 25.1 Å². The lowest BCUT2D eigenvalue weighted by Gasteiger charge is -2.27. The molecule has 7 heteroatoms. The van der Waals surface area contributed by atoms with E-state index < -0.39 is 12.0 Å². The van der Waals surface area contributed by atoms with Crippen molar-refractivity contribution in [2.24, 2.45) is 10.9 Å². The first-order chi connectivity index (χ1) is 14.5. The lowest BCUT2D eigenvalue weighted by atomic mass is 9.95. The van der Waals surface area contributed by atoms with Gasteiger partial charge in [0.25, 0.3) is 0 Å². The number of aryl methyl sites for hydroxylation is 1. The first-order valence-electron chi connectivity index (χ1n) is 10.3. The van der Waals surface area contributed by atoms with Crippen LogP contribution in [-0.2, 0) is 11.2 Å². The van der Waals surface area contributed by atoms with E-state index in [2.05, 4.69) is 10.4 Å². The monoisotopic (exact) mass is 411 g/mol. The van der Waals surface area contributed by atoms with Crippen LogP contribution < -0.4 is 15.9 Å². The fourth-order valence-corrected chi connectivity index (χ4v) is 3.69. The maximum Gasteiger partial charge on any atom is 0.330 e. The van der Waals surface area contributed by atoms with Gasteiger partial charge in [0.05, 0.1) is 18.4 Å². The number of carboxylic acid groups (broad SMARTS) is 1. The van der Waals surface area contributed by atoms with E-state index in [1.165, 1.54) is 6.21 Å². The number of anilines is 1. The van der Waals surface area contributed by atoms with Crippen molar-refractivity contribution in [3.8, 4) is 5.75 Å². The van der Waals surface area contributed by atoms with Gasteiger partial charge in [-0.2, -0.15) is 5.10 Å². The Morgan fingerprint density at radius 3 is 2.53 bits per heavy atom. The third-order valence-corrected chi connectivity index (χ3v) is 5.37. The predicted octanol–water partition coefficient (Wildman–Crippen LogP) is 3.46. The number of aliphatic hydroxyl groups is 1. The molecule has 1 saturated carbocycles. The number of benzene rings is 2. The summed E-state index contributed by atoms with van der Waals surface area (Å²) in [5.41, 5.74) is 3.17. The van der Waals surface area contributed by atoms with Gasteiger partial charge in [-0.3, -0.25) is 0 Å². The lowest BCUT2D eigenvalue weighted by molar-refractivity contribution is -0.138. The van der Waals surface area contributed by atoms with Crippen LogP contribution in [-0.4, -0.2) is 34.6 Å². The highest BCUT2D eigenvalue weighted by molar-refractivity contribution is 5.82. The Balaban J connectivity index is 1.81. The van der Waals surface area contributed by atoms with E-state index in [0.29, 0.717) is 17.0 Å². The summed E-state index contributed by atoms with van der Waals surface area (Å²) in [7, 11) is 0. The van der Waals surface area contributed by atoms with Crippen LogP contribution in [0.1, 0.15) is 55.3 Å². The first-order valence-corrected chi connectivity index (χ1v) is 10.3. The Labute approximate surface area is 176 Å². The Hall–Kier alpha value is -3.06. The number of aliphatic carboxylic acids is 1. The second-order valence-electron chi connectivity index (χ2n) is 7.63. The smallest absolute Gasteiger partial charge is 0.330 e. The van der Waals surface area contributed by atoms with Gasteiger partial charge >= 0.3 is 5.97 Å². The molecule has 0 aliphatic heterocycles. The third-order valence-electron chi connectivity index (χ3n) is 5.37. The van der Waals surface area contributed by atoms with E-state index in [0.717, 1.165) is 43.2 Å². The fourth-order valence-electron chi connectivity index (χ4n) is 3.69. The van der Waals surface area contributed by atoms with Crippen LogP contribution in [0.5, 0.6) is 5.75 Å². The molecule has 2 aromatic carbocycles. The zero-order valence-electron chi connectivity index (χ0n) is 17.1. The number of hydrogen-bond acceptors (Lipinski definition) is 6. The van der Waals surface area contributed by atoms with Crippen LogP contribution in [0.2, 0.25) is 0 Å². The lowest BCUT2D eigenvalue weighted by Crippen LogP contribution is -2.26. The molecule has 2 aromatic rings. The van der Waals surface area contributed by atoms with Gasteiger partial charge in [0, 0.05) is 5.69 Å². The molecule has 1 aliphatic rings. The van der Waals surface area contributed by atoms with Crippen LogP contribution in [0, 0.1) is 0 Å². The van der Waals surface area contributed by atoms with E-state index in [-0.39, 0.29) is 12.2 Å². The number of hydrazone groups is 1. The molecule has 0 amide bonds.